The molecule has 1 atom stereocenters. The second-order valence-corrected chi connectivity index (χ2v) is 3.59. The number of hydrogen-bond donors (Lipinski definition) is 0. The second kappa shape index (κ2) is 4.26. The summed E-state index contributed by atoms with van der Waals surface area (Å²) in [5, 5.41) is 4.00. The Morgan fingerprint density at radius 3 is 2.92 bits per heavy atom. The maximum absolute atomic E-state index is 4.80. The zero-order chi connectivity index (χ0) is 9.84. The van der Waals surface area contributed by atoms with E-state index in [0.29, 0.717) is 5.92 Å². The van der Waals surface area contributed by atoms with Gasteiger partial charge in [0, 0.05) is 6.42 Å². The van der Waals surface area contributed by atoms with Crippen molar-refractivity contribution < 1.29 is 4.84 Å². The van der Waals surface area contributed by atoms with E-state index in [-0.39, 0.29) is 0 Å². The predicted molar refractivity (Wildman–Crippen MR) is 55.7 cm³/mol. The molecule has 0 radical (unpaired) electrons. The van der Waals surface area contributed by atoms with E-state index in [2.05, 4.69) is 31.7 Å². The SMILES string of the molecule is C=C(C)C1CC=C(C)C(=NOC)C1. The van der Waals surface area contributed by atoms with Gasteiger partial charge in [-0.2, -0.15) is 0 Å². The van der Waals surface area contributed by atoms with E-state index in [1.807, 2.05) is 0 Å². The lowest BCUT2D eigenvalue weighted by Crippen LogP contribution is -2.15. The van der Waals surface area contributed by atoms with Gasteiger partial charge in [0.1, 0.15) is 7.11 Å². The van der Waals surface area contributed by atoms with Gasteiger partial charge in [-0.15, -0.1) is 0 Å². The Morgan fingerprint density at radius 2 is 2.38 bits per heavy atom. The maximum atomic E-state index is 4.80. The Balaban J connectivity index is 2.77. The third-order valence-corrected chi connectivity index (χ3v) is 2.50. The molecule has 0 heterocycles. The quantitative estimate of drug-likeness (QED) is 0.472. The summed E-state index contributed by atoms with van der Waals surface area (Å²) in [4.78, 5) is 4.80. The molecule has 0 amide bonds. The number of hydrogen-bond acceptors (Lipinski definition) is 2. The van der Waals surface area contributed by atoms with Crippen molar-refractivity contribution in [2.24, 2.45) is 11.1 Å². The van der Waals surface area contributed by atoms with Crippen LogP contribution in [0.5, 0.6) is 0 Å². The van der Waals surface area contributed by atoms with Gasteiger partial charge in [0.25, 0.3) is 0 Å². The lowest BCUT2D eigenvalue weighted by molar-refractivity contribution is 0.212. The highest BCUT2D eigenvalue weighted by Crippen LogP contribution is 2.26. The fourth-order valence-electron chi connectivity index (χ4n) is 1.51. The molecule has 0 aromatic rings. The lowest BCUT2D eigenvalue weighted by Gasteiger charge is -2.21. The molecule has 0 aliphatic heterocycles. The maximum Gasteiger partial charge on any atom is 0.106 e. The van der Waals surface area contributed by atoms with Crippen molar-refractivity contribution in [2.45, 2.75) is 26.7 Å². The number of allylic oxidation sites excluding steroid dienone is 3. The first kappa shape index (κ1) is 10.0. The molecule has 0 aromatic carbocycles. The average molecular weight is 179 g/mol. The Hall–Kier alpha value is -1.05. The van der Waals surface area contributed by atoms with Crippen molar-refractivity contribution in [3.8, 4) is 0 Å². The van der Waals surface area contributed by atoms with Gasteiger partial charge in [0.2, 0.25) is 0 Å². The summed E-state index contributed by atoms with van der Waals surface area (Å²) in [6.45, 7) is 8.12. The standard InChI is InChI=1S/C11H17NO/c1-8(2)10-6-5-9(3)11(7-10)12-13-4/h5,10H,1,6-7H2,2-4H3. The summed E-state index contributed by atoms with van der Waals surface area (Å²) in [7, 11) is 1.59. The molecule has 0 spiro atoms. The molecule has 0 bridgehead atoms. The molecule has 0 saturated heterocycles. The van der Waals surface area contributed by atoms with Gasteiger partial charge in [0.05, 0.1) is 5.71 Å². The van der Waals surface area contributed by atoms with Crippen LogP contribution in [0.2, 0.25) is 0 Å². The summed E-state index contributed by atoms with van der Waals surface area (Å²) < 4.78 is 0. The van der Waals surface area contributed by atoms with Crippen LogP contribution in [0.3, 0.4) is 0 Å². The molecule has 1 aliphatic rings. The first-order chi connectivity index (χ1) is 6.15. The summed E-state index contributed by atoms with van der Waals surface area (Å²) in [5.74, 6) is 0.539. The minimum absolute atomic E-state index is 0.539. The van der Waals surface area contributed by atoms with E-state index < -0.39 is 0 Å². The van der Waals surface area contributed by atoms with E-state index in [1.54, 1.807) is 7.11 Å². The van der Waals surface area contributed by atoms with Crippen molar-refractivity contribution >= 4 is 5.71 Å². The predicted octanol–water partition coefficient (Wildman–Crippen LogP) is 2.92. The highest BCUT2D eigenvalue weighted by Gasteiger charge is 2.18. The Bertz CT molecular complexity index is 263. The van der Waals surface area contributed by atoms with E-state index in [4.69, 9.17) is 4.84 Å². The molecular weight excluding hydrogens is 162 g/mol. The molecular formula is C11H17NO. The topological polar surface area (TPSA) is 21.6 Å². The van der Waals surface area contributed by atoms with Crippen molar-refractivity contribution in [2.75, 3.05) is 7.11 Å². The van der Waals surface area contributed by atoms with E-state index in [0.717, 1.165) is 18.6 Å². The van der Waals surface area contributed by atoms with Gasteiger partial charge in [0.15, 0.2) is 0 Å². The van der Waals surface area contributed by atoms with Crippen LogP contribution < -0.4 is 0 Å². The first-order valence-corrected chi connectivity index (χ1v) is 4.57. The number of oxime groups is 1. The molecule has 1 unspecified atom stereocenters. The van der Waals surface area contributed by atoms with Crippen LogP contribution in [-0.2, 0) is 4.84 Å². The van der Waals surface area contributed by atoms with E-state index in [9.17, 15) is 0 Å². The largest absolute Gasteiger partial charge is 0.399 e. The zero-order valence-electron chi connectivity index (χ0n) is 8.63. The van der Waals surface area contributed by atoms with Crippen LogP contribution in [0.15, 0.2) is 29.0 Å². The lowest BCUT2D eigenvalue weighted by atomic mass is 9.85. The molecule has 1 aliphatic carbocycles. The van der Waals surface area contributed by atoms with Crippen LogP contribution in [0.4, 0.5) is 0 Å². The molecule has 0 fully saturated rings. The average Bonchev–Trinajstić information content (AvgIpc) is 2.08. The van der Waals surface area contributed by atoms with Crippen molar-refractivity contribution in [1.82, 2.24) is 0 Å². The van der Waals surface area contributed by atoms with Crippen molar-refractivity contribution in [1.29, 1.82) is 0 Å². The number of nitrogens with zero attached hydrogens (tertiary/aromatic N) is 1. The van der Waals surface area contributed by atoms with Crippen LogP contribution in [0.25, 0.3) is 0 Å². The normalized spacial score (nSPS) is 25.6. The van der Waals surface area contributed by atoms with Crippen LogP contribution >= 0.6 is 0 Å². The van der Waals surface area contributed by atoms with Gasteiger partial charge >= 0.3 is 0 Å². The molecule has 13 heavy (non-hydrogen) atoms. The second-order valence-electron chi connectivity index (χ2n) is 3.59. The summed E-state index contributed by atoms with van der Waals surface area (Å²) >= 11 is 0. The van der Waals surface area contributed by atoms with Crippen LogP contribution in [0, 0.1) is 5.92 Å². The Kier molecular flexibility index (Phi) is 3.29. The number of rotatable bonds is 2. The fraction of sp³-hybridized carbons (Fsp3) is 0.545. The van der Waals surface area contributed by atoms with E-state index >= 15 is 0 Å². The summed E-state index contributed by atoms with van der Waals surface area (Å²) in [6.07, 6.45) is 4.26. The monoisotopic (exact) mass is 179 g/mol. The molecule has 1 rings (SSSR count). The molecule has 2 nitrogen and oxygen atoms in total. The van der Waals surface area contributed by atoms with Gasteiger partial charge in [-0.25, -0.2) is 0 Å². The molecule has 0 saturated carbocycles. The van der Waals surface area contributed by atoms with Crippen LogP contribution in [-0.4, -0.2) is 12.8 Å². The van der Waals surface area contributed by atoms with Crippen molar-refractivity contribution in [3.05, 3.63) is 23.8 Å². The van der Waals surface area contributed by atoms with Gasteiger partial charge < -0.3 is 4.84 Å². The summed E-state index contributed by atoms with van der Waals surface area (Å²) in [5.41, 5.74) is 3.52. The van der Waals surface area contributed by atoms with Crippen molar-refractivity contribution in [3.63, 3.8) is 0 Å². The Labute approximate surface area is 80.0 Å². The minimum Gasteiger partial charge on any atom is -0.399 e. The molecule has 0 N–H and O–H groups in total. The third kappa shape index (κ3) is 2.44. The molecule has 0 aromatic heterocycles. The van der Waals surface area contributed by atoms with Gasteiger partial charge in [-0.3, -0.25) is 0 Å². The fourth-order valence-corrected chi connectivity index (χ4v) is 1.51. The van der Waals surface area contributed by atoms with Crippen LogP contribution in [0.1, 0.15) is 26.7 Å². The molecule has 2 heteroatoms. The van der Waals surface area contributed by atoms with Gasteiger partial charge in [-0.05, 0) is 31.8 Å². The van der Waals surface area contributed by atoms with Gasteiger partial charge in [-0.1, -0.05) is 23.4 Å². The highest BCUT2D eigenvalue weighted by molar-refractivity contribution is 6.00. The molecule has 72 valence electrons. The smallest absolute Gasteiger partial charge is 0.106 e. The van der Waals surface area contributed by atoms with E-state index in [1.165, 1.54) is 11.1 Å². The summed E-state index contributed by atoms with van der Waals surface area (Å²) in [6, 6.07) is 0. The highest BCUT2D eigenvalue weighted by atomic mass is 16.6. The first-order valence-electron chi connectivity index (χ1n) is 4.57. The zero-order valence-corrected chi connectivity index (χ0v) is 8.63. The minimum atomic E-state index is 0.539. The third-order valence-electron chi connectivity index (χ3n) is 2.50. The Morgan fingerprint density at radius 1 is 1.69 bits per heavy atom.